The maximum Gasteiger partial charge on any atom is 0.335 e. The van der Waals surface area contributed by atoms with Gasteiger partial charge in [0, 0.05) is 34.1 Å². The molecule has 2 bridgehead atoms. The molecule has 0 unspecified atom stereocenters. The molecule has 9 heteroatoms. The van der Waals surface area contributed by atoms with Gasteiger partial charge >= 0.3 is 17.9 Å². The van der Waals surface area contributed by atoms with Crippen molar-refractivity contribution in [3.05, 3.63) is 35.8 Å². The Balaban J connectivity index is 1.68. The Kier molecular flexibility index (Phi) is 6.60. The molecule has 3 aliphatic carbocycles. The lowest BCUT2D eigenvalue weighted by atomic mass is 9.40. The van der Waals surface area contributed by atoms with Crippen LogP contribution in [0.5, 0.6) is 0 Å². The Morgan fingerprint density at radius 3 is 2.51 bits per heavy atom. The molecule has 212 valence electrons. The zero-order valence-electron chi connectivity index (χ0n) is 23.4. The van der Waals surface area contributed by atoms with Gasteiger partial charge in [0.2, 0.25) is 0 Å². The summed E-state index contributed by atoms with van der Waals surface area (Å²) < 4.78 is 22.0. The van der Waals surface area contributed by atoms with Gasteiger partial charge in [0.1, 0.15) is 18.0 Å². The number of aliphatic hydroxyl groups excluding tert-OH is 1. The van der Waals surface area contributed by atoms with Crippen LogP contribution in [-0.2, 0) is 33.4 Å². The molecule has 1 aromatic heterocycles. The van der Waals surface area contributed by atoms with Gasteiger partial charge < -0.3 is 23.7 Å². The van der Waals surface area contributed by atoms with E-state index in [-0.39, 0.29) is 36.4 Å². The fourth-order valence-electron chi connectivity index (χ4n) is 8.58. The molecule has 1 aromatic rings. The second-order valence-corrected chi connectivity index (χ2v) is 12.7. The van der Waals surface area contributed by atoms with Gasteiger partial charge in [-0.15, -0.1) is 0 Å². The van der Waals surface area contributed by atoms with Crippen LogP contribution in [0.15, 0.2) is 34.7 Å². The van der Waals surface area contributed by atoms with Crippen molar-refractivity contribution in [1.82, 2.24) is 0 Å². The van der Waals surface area contributed by atoms with Gasteiger partial charge in [-0.05, 0) is 30.7 Å². The minimum atomic E-state index is -1.61. The summed E-state index contributed by atoms with van der Waals surface area (Å²) in [5.74, 6) is -4.03. The van der Waals surface area contributed by atoms with E-state index in [1.807, 2.05) is 26.8 Å². The summed E-state index contributed by atoms with van der Waals surface area (Å²) in [6.45, 7) is 9.29. The first-order chi connectivity index (χ1) is 18.3. The fraction of sp³-hybridized carbons (Fsp3) is 0.667. The second-order valence-electron chi connectivity index (χ2n) is 12.7. The molecule has 4 aliphatic rings. The van der Waals surface area contributed by atoms with Crippen LogP contribution in [-0.4, -0.2) is 48.1 Å². The molecule has 1 saturated heterocycles. The summed E-state index contributed by atoms with van der Waals surface area (Å²) in [6, 6.07) is 1.80. The van der Waals surface area contributed by atoms with Gasteiger partial charge in [-0.3, -0.25) is 14.4 Å². The van der Waals surface area contributed by atoms with E-state index in [4.69, 9.17) is 18.6 Å². The molecular weight excluding hydrogens is 504 g/mol. The number of esters is 3. The van der Waals surface area contributed by atoms with Crippen LogP contribution in [0.2, 0.25) is 0 Å². The third-order valence-electron chi connectivity index (χ3n) is 10.4. The number of ketones is 1. The van der Waals surface area contributed by atoms with Gasteiger partial charge in [0.15, 0.2) is 6.10 Å². The molecule has 39 heavy (non-hydrogen) atoms. The molecule has 1 aliphatic heterocycles. The number of fused-ring (bicyclic) bond motifs is 6. The van der Waals surface area contributed by atoms with Gasteiger partial charge in [-0.25, -0.2) is 4.79 Å². The van der Waals surface area contributed by atoms with Crippen LogP contribution in [0, 0.1) is 39.9 Å². The number of allylic oxidation sites excluding steroid dienone is 1. The zero-order chi connectivity index (χ0) is 28.5. The van der Waals surface area contributed by atoms with Crippen LogP contribution in [0.3, 0.4) is 0 Å². The van der Waals surface area contributed by atoms with Crippen molar-refractivity contribution in [2.75, 3.05) is 7.11 Å². The number of carbonyl (C=O) groups is 4. The van der Waals surface area contributed by atoms with Crippen LogP contribution in [0.4, 0.5) is 0 Å². The number of carbonyl (C=O) groups excluding carboxylic acids is 4. The molecule has 9 atom stereocenters. The summed E-state index contributed by atoms with van der Waals surface area (Å²) in [5.41, 5.74) is -0.847. The molecule has 2 saturated carbocycles. The van der Waals surface area contributed by atoms with Crippen molar-refractivity contribution in [3.8, 4) is 0 Å². The smallest absolute Gasteiger partial charge is 0.335 e. The van der Waals surface area contributed by atoms with E-state index >= 15 is 0 Å². The second kappa shape index (κ2) is 9.32. The highest BCUT2D eigenvalue weighted by molar-refractivity contribution is 5.94. The number of aliphatic hydroxyl groups is 1. The van der Waals surface area contributed by atoms with Gasteiger partial charge in [-0.1, -0.05) is 46.3 Å². The van der Waals surface area contributed by atoms with Crippen LogP contribution < -0.4 is 0 Å². The van der Waals surface area contributed by atoms with Crippen molar-refractivity contribution >= 4 is 23.7 Å². The van der Waals surface area contributed by atoms with Crippen molar-refractivity contribution in [3.63, 3.8) is 0 Å². The van der Waals surface area contributed by atoms with Crippen LogP contribution >= 0.6 is 0 Å². The van der Waals surface area contributed by atoms with Crippen LogP contribution in [0.1, 0.15) is 72.0 Å². The van der Waals surface area contributed by atoms with Crippen LogP contribution in [0.25, 0.3) is 0 Å². The number of cyclic esters (lactones) is 1. The van der Waals surface area contributed by atoms with E-state index in [9.17, 15) is 24.3 Å². The summed E-state index contributed by atoms with van der Waals surface area (Å²) >= 11 is 0. The van der Waals surface area contributed by atoms with Gasteiger partial charge in [-0.2, -0.15) is 0 Å². The Morgan fingerprint density at radius 1 is 1.18 bits per heavy atom. The quantitative estimate of drug-likeness (QED) is 0.334. The van der Waals surface area contributed by atoms with E-state index in [2.05, 4.69) is 6.92 Å². The molecule has 0 radical (unpaired) electrons. The Bertz CT molecular complexity index is 1210. The molecule has 9 nitrogen and oxygen atoms in total. The Labute approximate surface area is 228 Å². The standard InChI is InChI=1S/C30H38O9/c1-7-20(31)38-26-17-12-16-18(30(5,24(17)34)23(28(26,2)3)22(33)27(35)36-6)8-10-29(4)19(16)13-21(32)39-25(29)15-9-11-37-14-15/h9,11-12,14,17-19,22-23,25-26,33H,7-8,10,13H2,1-6H3/t17-,18-,19-,22+,23-,25-,26+,29+,30+/m0/s1. The number of methoxy groups -OCH3 is 1. The number of hydrogen-bond acceptors (Lipinski definition) is 9. The van der Waals surface area contributed by atoms with Crippen molar-refractivity contribution < 1.29 is 42.9 Å². The molecule has 0 spiro atoms. The van der Waals surface area contributed by atoms with E-state index in [1.165, 1.54) is 7.11 Å². The Morgan fingerprint density at radius 2 is 1.90 bits per heavy atom. The van der Waals surface area contributed by atoms with E-state index in [1.54, 1.807) is 25.5 Å². The Hall–Kier alpha value is -2.94. The normalized spacial score (nSPS) is 39.4. The highest BCUT2D eigenvalue weighted by Gasteiger charge is 2.70. The lowest BCUT2D eigenvalue weighted by Crippen LogP contribution is -2.69. The third kappa shape index (κ3) is 3.83. The topological polar surface area (TPSA) is 129 Å². The molecule has 5 rings (SSSR count). The lowest BCUT2D eigenvalue weighted by Gasteiger charge is -2.64. The first kappa shape index (κ1) is 27.6. The largest absolute Gasteiger partial charge is 0.472 e. The summed E-state index contributed by atoms with van der Waals surface area (Å²) in [4.78, 5) is 52.7. The number of rotatable bonds is 5. The third-order valence-corrected chi connectivity index (χ3v) is 10.4. The van der Waals surface area contributed by atoms with Crippen molar-refractivity contribution in [2.24, 2.45) is 39.9 Å². The highest BCUT2D eigenvalue weighted by Crippen LogP contribution is 2.68. The maximum absolute atomic E-state index is 14.3. The van der Waals surface area contributed by atoms with E-state index < -0.39 is 58.3 Å². The minimum absolute atomic E-state index is 0.118. The molecule has 1 N–H and O–H groups in total. The predicted octanol–water partition coefficient (Wildman–Crippen LogP) is 3.94. The summed E-state index contributed by atoms with van der Waals surface area (Å²) in [6.07, 6.45) is 3.57. The highest BCUT2D eigenvalue weighted by atomic mass is 16.6. The molecule has 0 amide bonds. The SMILES string of the molecule is CCC(=O)O[C@@H]1[C@H]2C=C3[C@@H]4CC(=O)O[C@@H](c5ccoc5)[C@]4(C)CC[C@@H]3[C@@](C)(C2=O)[C@@H]([C@@H](O)C(=O)OC)C1(C)C. The number of Topliss-reactive ketones (excluding diaryl/α,β-unsaturated/α-hetero) is 1. The lowest BCUT2D eigenvalue weighted by molar-refractivity contribution is -0.210. The molecule has 2 heterocycles. The monoisotopic (exact) mass is 542 g/mol. The number of ether oxygens (including phenoxy) is 3. The minimum Gasteiger partial charge on any atom is -0.472 e. The summed E-state index contributed by atoms with van der Waals surface area (Å²) in [7, 11) is 1.20. The number of furan rings is 1. The molecule has 3 fully saturated rings. The average Bonchev–Trinajstić information content (AvgIpc) is 3.42. The number of hydrogen-bond donors (Lipinski definition) is 1. The van der Waals surface area contributed by atoms with Crippen molar-refractivity contribution in [1.29, 1.82) is 0 Å². The van der Waals surface area contributed by atoms with Gasteiger partial charge in [0.25, 0.3) is 0 Å². The maximum atomic E-state index is 14.3. The first-order valence-electron chi connectivity index (χ1n) is 13.7. The van der Waals surface area contributed by atoms with E-state index in [0.717, 1.165) is 11.1 Å². The predicted molar refractivity (Wildman–Crippen MR) is 137 cm³/mol. The van der Waals surface area contributed by atoms with Crippen molar-refractivity contribution in [2.45, 2.75) is 78.6 Å². The first-order valence-corrected chi connectivity index (χ1v) is 13.7. The fourth-order valence-corrected chi connectivity index (χ4v) is 8.58. The van der Waals surface area contributed by atoms with E-state index in [0.29, 0.717) is 12.8 Å². The van der Waals surface area contributed by atoms with Gasteiger partial charge in [0.05, 0.1) is 32.0 Å². The molecule has 0 aromatic carbocycles. The zero-order valence-corrected chi connectivity index (χ0v) is 23.4. The average molecular weight is 543 g/mol. The molecular formula is C30H38O9. The summed E-state index contributed by atoms with van der Waals surface area (Å²) in [5, 5.41) is 11.4.